The van der Waals surface area contributed by atoms with Crippen LogP contribution in [0.15, 0.2) is 72.8 Å². The summed E-state index contributed by atoms with van der Waals surface area (Å²) in [6.07, 6.45) is -0.457. The highest BCUT2D eigenvalue weighted by Gasteiger charge is 2.28. The van der Waals surface area contributed by atoms with E-state index >= 15 is 0 Å². The molecule has 4 rings (SSSR count). The van der Waals surface area contributed by atoms with Gasteiger partial charge in [0.1, 0.15) is 6.61 Å². The Balaban J connectivity index is 1.48. The van der Waals surface area contributed by atoms with Crippen LogP contribution in [0.4, 0.5) is 10.5 Å². The van der Waals surface area contributed by atoms with Crippen molar-refractivity contribution in [2.24, 2.45) is 5.73 Å². The number of nitrogens with two attached hydrogens (primary N) is 1. The Morgan fingerprint density at radius 2 is 1.58 bits per heavy atom. The lowest BCUT2D eigenvalue weighted by Gasteiger charge is -2.14. The third kappa shape index (κ3) is 3.07. The van der Waals surface area contributed by atoms with Gasteiger partial charge < -0.3 is 10.5 Å². The number of hydrogen-bond donors (Lipinski definition) is 2. The van der Waals surface area contributed by atoms with Crippen molar-refractivity contribution in [3.63, 3.8) is 0 Å². The van der Waals surface area contributed by atoms with Crippen LogP contribution in [0.5, 0.6) is 0 Å². The molecule has 3 aromatic carbocycles. The Bertz CT molecular complexity index is 907. The van der Waals surface area contributed by atoms with Crippen LogP contribution in [-0.2, 0) is 11.3 Å². The van der Waals surface area contributed by atoms with Crippen LogP contribution in [0.3, 0.4) is 0 Å². The van der Waals surface area contributed by atoms with Crippen LogP contribution >= 0.6 is 0 Å². The Hall–Kier alpha value is -3.11. The minimum absolute atomic E-state index is 0.0588. The molecular formula is C22H20N2O2. The molecule has 3 aromatic rings. The van der Waals surface area contributed by atoms with Gasteiger partial charge in [-0.2, -0.15) is 0 Å². The Morgan fingerprint density at radius 1 is 0.923 bits per heavy atom. The predicted octanol–water partition coefficient (Wildman–Crippen LogP) is 4.51. The maximum atomic E-state index is 12.2. The molecule has 1 aliphatic carbocycles. The molecule has 0 aromatic heterocycles. The largest absolute Gasteiger partial charge is 0.448 e. The van der Waals surface area contributed by atoms with Gasteiger partial charge >= 0.3 is 6.09 Å². The molecular weight excluding hydrogens is 324 g/mol. The average molecular weight is 344 g/mol. The smallest absolute Gasteiger partial charge is 0.411 e. The molecule has 0 saturated carbocycles. The van der Waals surface area contributed by atoms with Gasteiger partial charge in [0.05, 0.1) is 0 Å². The van der Waals surface area contributed by atoms with Crippen molar-refractivity contribution >= 4 is 11.8 Å². The van der Waals surface area contributed by atoms with E-state index in [1.165, 1.54) is 22.3 Å². The van der Waals surface area contributed by atoms with Gasteiger partial charge in [0.2, 0.25) is 0 Å². The zero-order chi connectivity index (χ0) is 17.9. The molecule has 0 radical (unpaired) electrons. The number of fused-ring (bicyclic) bond motifs is 3. The summed E-state index contributed by atoms with van der Waals surface area (Å²) < 4.78 is 5.54. The summed E-state index contributed by atoms with van der Waals surface area (Å²) in [4.78, 5) is 12.2. The summed E-state index contributed by atoms with van der Waals surface area (Å²) >= 11 is 0. The highest BCUT2D eigenvalue weighted by molar-refractivity contribution is 5.85. The lowest BCUT2D eigenvalue weighted by Crippen LogP contribution is -2.18. The predicted molar refractivity (Wildman–Crippen MR) is 103 cm³/mol. The fraction of sp³-hybridized carbons (Fsp3) is 0.136. The summed E-state index contributed by atoms with van der Waals surface area (Å²) in [5.41, 5.74) is 12.1. The lowest BCUT2D eigenvalue weighted by molar-refractivity contribution is 0.158. The normalized spacial score (nSPS) is 12.3. The molecule has 1 amide bonds. The zero-order valence-electron chi connectivity index (χ0n) is 14.3. The maximum Gasteiger partial charge on any atom is 0.411 e. The first-order valence-electron chi connectivity index (χ1n) is 8.67. The number of anilines is 1. The van der Waals surface area contributed by atoms with E-state index in [1.807, 2.05) is 48.5 Å². The fourth-order valence-electron chi connectivity index (χ4n) is 3.53. The monoisotopic (exact) mass is 344 g/mol. The molecule has 4 heteroatoms. The number of ether oxygens (including phenoxy) is 1. The van der Waals surface area contributed by atoms with Gasteiger partial charge in [-0.25, -0.2) is 4.79 Å². The van der Waals surface area contributed by atoms with E-state index in [9.17, 15) is 4.79 Å². The summed E-state index contributed by atoms with van der Waals surface area (Å²) in [5, 5.41) is 2.77. The molecule has 0 bridgehead atoms. The topological polar surface area (TPSA) is 64.3 Å². The minimum Gasteiger partial charge on any atom is -0.448 e. The van der Waals surface area contributed by atoms with Crippen molar-refractivity contribution in [1.29, 1.82) is 0 Å². The Morgan fingerprint density at radius 3 is 2.23 bits per heavy atom. The van der Waals surface area contributed by atoms with E-state index in [0.717, 1.165) is 5.56 Å². The van der Waals surface area contributed by atoms with Crippen molar-refractivity contribution in [1.82, 2.24) is 0 Å². The standard InChI is InChI=1S/C22H20N2O2/c23-13-15-6-5-7-16(12-15)24-22(25)26-14-21-19-10-3-1-8-17(19)18-9-2-4-11-20(18)21/h1-12,21H,13-14,23H2,(H,24,25). The summed E-state index contributed by atoms with van der Waals surface area (Å²) in [5.74, 6) is 0.0588. The first kappa shape index (κ1) is 16.4. The second kappa shape index (κ2) is 7.02. The summed E-state index contributed by atoms with van der Waals surface area (Å²) in [6, 6.07) is 24.0. The van der Waals surface area contributed by atoms with Gasteiger partial charge in [-0.1, -0.05) is 60.7 Å². The maximum absolute atomic E-state index is 12.2. The number of hydrogen-bond acceptors (Lipinski definition) is 3. The lowest BCUT2D eigenvalue weighted by atomic mass is 9.98. The van der Waals surface area contributed by atoms with Gasteiger partial charge in [0, 0.05) is 18.2 Å². The molecule has 130 valence electrons. The number of carbonyl (C=O) groups is 1. The quantitative estimate of drug-likeness (QED) is 0.732. The second-order valence-electron chi connectivity index (χ2n) is 6.36. The molecule has 26 heavy (non-hydrogen) atoms. The van der Waals surface area contributed by atoms with E-state index in [0.29, 0.717) is 18.8 Å². The Kier molecular flexibility index (Phi) is 4.42. The van der Waals surface area contributed by atoms with Crippen molar-refractivity contribution in [2.75, 3.05) is 11.9 Å². The molecule has 0 heterocycles. The molecule has 0 spiro atoms. The highest BCUT2D eigenvalue weighted by Crippen LogP contribution is 2.44. The van der Waals surface area contributed by atoms with E-state index in [4.69, 9.17) is 10.5 Å². The van der Waals surface area contributed by atoms with Gasteiger partial charge in [-0.3, -0.25) is 5.32 Å². The second-order valence-corrected chi connectivity index (χ2v) is 6.36. The van der Waals surface area contributed by atoms with Gasteiger partial charge in [0.15, 0.2) is 0 Å². The van der Waals surface area contributed by atoms with Gasteiger partial charge in [-0.05, 0) is 39.9 Å². The van der Waals surface area contributed by atoms with Crippen LogP contribution in [0.25, 0.3) is 11.1 Å². The van der Waals surface area contributed by atoms with Crippen LogP contribution < -0.4 is 11.1 Å². The van der Waals surface area contributed by atoms with Crippen molar-refractivity contribution in [3.05, 3.63) is 89.5 Å². The van der Waals surface area contributed by atoms with Crippen molar-refractivity contribution in [3.8, 4) is 11.1 Å². The SMILES string of the molecule is NCc1cccc(NC(=O)OCC2c3ccccc3-c3ccccc32)c1. The number of carbonyl (C=O) groups excluding carboxylic acids is 1. The number of benzene rings is 3. The Labute approximate surface area is 152 Å². The minimum atomic E-state index is -0.457. The molecule has 0 atom stereocenters. The molecule has 1 aliphatic rings. The van der Waals surface area contributed by atoms with Crippen molar-refractivity contribution < 1.29 is 9.53 Å². The van der Waals surface area contributed by atoms with Gasteiger partial charge in [-0.15, -0.1) is 0 Å². The molecule has 4 nitrogen and oxygen atoms in total. The molecule has 0 saturated heterocycles. The first-order chi connectivity index (χ1) is 12.8. The first-order valence-corrected chi connectivity index (χ1v) is 8.67. The third-order valence-electron chi connectivity index (χ3n) is 4.75. The van der Waals surface area contributed by atoms with E-state index < -0.39 is 6.09 Å². The highest BCUT2D eigenvalue weighted by atomic mass is 16.5. The van der Waals surface area contributed by atoms with Crippen LogP contribution in [0.1, 0.15) is 22.6 Å². The molecule has 0 fully saturated rings. The third-order valence-corrected chi connectivity index (χ3v) is 4.75. The zero-order valence-corrected chi connectivity index (χ0v) is 14.3. The van der Waals surface area contributed by atoms with Crippen LogP contribution in [-0.4, -0.2) is 12.7 Å². The molecule has 0 unspecified atom stereocenters. The number of nitrogens with one attached hydrogen (secondary N) is 1. The number of amides is 1. The fourth-order valence-corrected chi connectivity index (χ4v) is 3.53. The van der Waals surface area contributed by atoms with E-state index in [-0.39, 0.29) is 5.92 Å². The number of rotatable bonds is 4. The summed E-state index contributed by atoms with van der Waals surface area (Å²) in [7, 11) is 0. The van der Waals surface area contributed by atoms with Gasteiger partial charge in [0.25, 0.3) is 0 Å². The van der Waals surface area contributed by atoms with Crippen LogP contribution in [0, 0.1) is 0 Å². The average Bonchev–Trinajstić information content (AvgIpc) is 3.00. The molecule has 0 aliphatic heterocycles. The van der Waals surface area contributed by atoms with Crippen LogP contribution in [0.2, 0.25) is 0 Å². The summed E-state index contributed by atoms with van der Waals surface area (Å²) in [6.45, 7) is 0.733. The van der Waals surface area contributed by atoms with E-state index in [2.05, 4.69) is 29.6 Å². The van der Waals surface area contributed by atoms with Crippen molar-refractivity contribution in [2.45, 2.75) is 12.5 Å². The molecule has 3 N–H and O–H groups in total. The van der Waals surface area contributed by atoms with E-state index in [1.54, 1.807) is 0 Å².